The molecule has 0 bridgehead atoms. The fourth-order valence-electron chi connectivity index (χ4n) is 1.99. The molecule has 102 valence electrons. The van der Waals surface area contributed by atoms with Gasteiger partial charge in [-0.2, -0.15) is 0 Å². The van der Waals surface area contributed by atoms with Crippen LogP contribution in [0.5, 0.6) is 0 Å². The number of pyridine rings is 1. The molecule has 0 saturated heterocycles. The molecule has 2 rings (SSSR count). The second kappa shape index (κ2) is 6.33. The minimum Gasteiger partial charge on any atom is -0.383 e. The van der Waals surface area contributed by atoms with E-state index in [2.05, 4.69) is 39.8 Å². The van der Waals surface area contributed by atoms with Gasteiger partial charge in [0, 0.05) is 25.7 Å². The number of methoxy groups -OCH3 is 1. The molecule has 1 N–H and O–H groups in total. The Bertz CT molecular complexity index is 524. The molecule has 0 aromatic carbocycles. The Labute approximate surface area is 113 Å². The zero-order valence-corrected chi connectivity index (χ0v) is 11.6. The average molecular weight is 260 g/mol. The predicted molar refractivity (Wildman–Crippen MR) is 75.1 cm³/mol. The van der Waals surface area contributed by atoms with E-state index >= 15 is 0 Å². The van der Waals surface area contributed by atoms with Gasteiger partial charge >= 0.3 is 0 Å². The Morgan fingerprint density at radius 3 is 2.95 bits per heavy atom. The van der Waals surface area contributed by atoms with E-state index in [1.165, 1.54) is 5.56 Å². The fraction of sp³-hybridized carbons (Fsp3) is 0.429. The summed E-state index contributed by atoms with van der Waals surface area (Å²) in [6, 6.07) is 4.25. The first-order chi connectivity index (χ1) is 9.22. The molecule has 1 atom stereocenters. The Morgan fingerprint density at radius 2 is 2.21 bits per heavy atom. The summed E-state index contributed by atoms with van der Waals surface area (Å²) in [6.07, 6.45) is 5.56. The van der Waals surface area contributed by atoms with Crippen molar-refractivity contribution in [2.45, 2.75) is 26.4 Å². The van der Waals surface area contributed by atoms with Gasteiger partial charge < -0.3 is 14.6 Å². The Balaban J connectivity index is 2.04. The highest BCUT2D eigenvalue weighted by molar-refractivity contribution is 5.29. The van der Waals surface area contributed by atoms with Gasteiger partial charge in [-0.3, -0.25) is 4.98 Å². The van der Waals surface area contributed by atoms with E-state index in [0.29, 0.717) is 13.2 Å². The monoisotopic (exact) mass is 260 g/mol. The van der Waals surface area contributed by atoms with Gasteiger partial charge in [-0.05, 0) is 25.5 Å². The average Bonchev–Trinajstić information content (AvgIpc) is 2.86. The standard InChI is InChI=1S/C14H20N4O/c1-11-5-4-6-15-13(11)9-17-14-16-7-8-18(14)12(2)10-19-3/h4-8,12H,9-10H2,1-3H3,(H,16,17). The van der Waals surface area contributed by atoms with Crippen LogP contribution >= 0.6 is 0 Å². The summed E-state index contributed by atoms with van der Waals surface area (Å²) in [6.45, 7) is 5.49. The third-order valence-electron chi connectivity index (χ3n) is 3.08. The lowest BCUT2D eigenvalue weighted by atomic mass is 10.2. The topological polar surface area (TPSA) is 52.0 Å². The highest BCUT2D eigenvalue weighted by atomic mass is 16.5. The molecule has 0 radical (unpaired) electrons. The maximum atomic E-state index is 5.18. The van der Waals surface area contributed by atoms with Crippen LogP contribution in [0.4, 0.5) is 5.95 Å². The van der Waals surface area contributed by atoms with Crippen molar-refractivity contribution in [3.63, 3.8) is 0 Å². The highest BCUT2D eigenvalue weighted by Crippen LogP contribution is 2.15. The van der Waals surface area contributed by atoms with Crippen LogP contribution in [0.2, 0.25) is 0 Å². The zero-order chi connectivity index (χ0) is 13.7. The SMILES string of the molecule is COCC(C)n1ccnc1NCc1ncccc1C. The van der Waals surface area contributed by atoms with Gasteiger partial charge in [0.2, 0.25) is 5.95 Å². The van der Waals surface area contributed by atoms with Gasteiger partial charge in [0.25, 0.3) is 0 Å². The number of hydrogen-bond donors (Lipinski definition) is 1. The first-order valence-electron chi connectivity index (χ1n) is 6.38. The van der Waals surface area contributed by atoms with Gasteiger partial charge in [-0.15, -0.1) is 0 Å². The molecule has 1 unspecified atom stereocenters. The third kappa shape index (κ3) is 3.32. The molecule has 0 saturated carbocycles. The van der Waals surface area contributed by atoms with Crippen LogP contribution < -0.4 is 5.32 Å². The number of aryl methyl sites for hydroxylation is 1. The van der Waals surface area contributed by atoms with E-state index in [0.717, 1.165) is 11.6 Å². The number of imidazole rings is 1. The molecule has 2 aromatic rings. The van der Waals surface area contributed by atoms with Gasteiger partial charge in [0.15, 0.2) is 0 Å². The Morgan fingerprint density at radius 1 is 1.37 bits per heavy atom. The molecule has 0 spiro atoms. The molecule has 0 fully saturated rings. The maximum absolute atomic E-state index is 5.18. The summed E-state index contributed by atoms with van der Waals surface area (Å²) < 4.78 is 7.25. The first-order valence-corrected chi connectivity index (χ1v) is 6.38. The van der Waals surface area contributed by atoms with Crippen LogP contribution in [-0.4, -0.2) is 28.3 Å². The summed E-state index contributed by atoms with van der Waals surface area (Å²) in [4.78, 5) is 8.70. The van der Waals surface area contributed by atoms with E-state index in [-0.39, 0.29) is 6.04 Å². The second-order valence-corrected chi connectivity index (χ2v) is 4.58. The van der Waals surface area contributed by atoms with E-state index in [1.54, 1.807) is 13.3 Å². The van der Waals surface area contributed by atoms with E-state index < -0.39 is 0 Å². The maximum Gasteiger partial charge on any atom is 0.203 e. The molecule has 0 aliphatic heterocycles. The van der Waals surface area contributed by atoms with Crippen molar-refractivity contribution in [3.8, 4) is 0 Å². The van der Waals surface area contributed by atoms with Crippen LogP contribution in [0.25, 0.3) is 0 Å². The van der Waals surface area contributed by atoms with Crippen LogP contribution in [0, 0.1) is 6.92 Å². The molecule has 2 heterocycles. The number of nitrogens with one attached hydrogen (secondary N) is 1. The van der Waals surface area contributed by atoms with Crippen LogP contribution in [0.15, 0.2) is 30.7 Å². The number of aromatic nitrogens is 3. The second-order valence-electron chi connectivity index (χ2n) is 4.58. The van der Waals surface area contributed by atoms with Gasteiger partial charge in [0.05, 0.1) is 24.9 Å². The van der Waals surface area contributed by atoms with E-state index in [9.17, 15) is 0 Å². The normalized spacial score (nSPS) is 12.4. The molecule has 2 aromatic heterocycles. The first kappa shape index (κ1) is 13.5. The lowest BCUT2D eigenvalue weighted by Crippen LogP contribution is -2.15. The van der Waals surface area contributed by atoms with Crippen molar-refractivity contribution in [1.29, 1.82) is 0 Å². The summed E-state index contributed by atoms with van der Waals surface area (Å²) in [5.74, 6) is 0.842. The largest absolute Gasteiger partial charge is 0.383 e. The zero-order valence-electron chi connectivity index (χ0n) is 11.6. The van der Waals surface area contributed by atoms with E-state index in [1.807, 2.05) is 18.5 Å². The minimum absolute atomic E-state index is 0.250. The quantitative estimate of drug-likeness (QED) is 0.866. The molecule has 0 aliphatic carbocycles. The van der Waals surface area contributed by atoms with Crippen molar-refractivity contribution < 1.29 is 4.74 Å². The number of hydrogen-bond acceptors (Lipinski definition) is 4. The number of anilines is 1. The third-order valence-corrected chi connectivity index (χ3v) is 3.08. The minimum atomic E-state index is 0.250. The van der Waals surface area contributed by atoms with Crippen molar-refractivity contribution >= 4 is 5.95 Å². The Kier molecular flexibility index (Phi) is 4.52. The number of nitrogens with zero attached hydrogens (tertiary/aromatic N) is 3. The molecule has 0 aliphatic rings. The fourth-order valence-corrected chi connectivity index (χ4v) is 1.99. The molecule has 5 heteroatoms. The number of rotatable bonds is 6. The summed E-state index contributed by atoms with van der Waals surface area (Å²) in [5.41, 5.74) is 2.22. The van der Waals surface area contributed by atoms with Crippen molar-refractivity contribution in [2.75, 3.05) is 19.0 Å². The van der Waals surface area contributed by atoms with Crippen molar-refractivity contribution in [1.82, 2.24) is 14.5 Å². The van der Waals surface area contributed by atoms with Gasteiger partial charge in [-0.1, -0.05) is 6.07 Å². The molecule has 5 nitrogen and oxygen atoms in total. The molecule has 0 amide bonds. The molecular weight excluding hydrogens is 240 g/mol. The van der Waals surface area contributed by atoms with Crippen LogP contribution in [-0.2, 0) is 11.3 Å². The number of ether oxygens (including phenoxy) is 1. The van der Waals surface area contributed by atoms with Crippen LogP contribution in [0.3, 0.4) is 0 Å². The summed E-state index contributed by atoms with van der Waals surface area (Å²) in [5, 5.41) is 3.32. The smallest absolute Gasteiger partial charge is 0.203 e. The summed E-state index contributed by atoms with van der Waals surface area (Å²) >= 11 is 0. The molecule has 19 heavy (non-hydrogen) atoms. The predicted octanol–water partition coefficient (Wildman–Crippen LogP) is 2.41. The lowest BCUT2D eigenvalue weighted by Gasteiger charge is -2.16. The van der Waals surface area contributed by atoms with Crippen LogP contribution in [0.1, 0.15) is 24.2 Å². The van der Waals surface area contributed by atoms with Gasteiger partial charge in [-0.25, -0.2) is 4.98 Å². The summed E-state index contributed by atoms with van der Waals surface area (Å²) in [7, 11) is 1.71. The van der Waals surface area contributed by atoms with Gasteiger partial charge in [0.1, 0.15) is 0 Å². The van der Waals surface area contributed by atoms with Crippen molar-refractivity contribution in [2.24, 2.45) is 0 Å². The Hall–Kier alpha value is -1.88. The van der Waals surface area contributed by atoms with E-state index in [4.69, 9.17) is 4.74 Å². The lowest BCUT2D eigenvalue weighted by molar-refractivity contribution is 0.163. The van der Waals surface area contributed by atoms with Crippen molar-refractivity contribution in [3.05, 3.63) is 42.0 Å². The molecular formula is C14H20N4O. The highest BCUT2D eigenvalue weighted by Gasteiger charge is 2.09.